The minimum Gasteiger partial charge on any atom is -0.334 e. The third-order valence-electron chi connectivity index (χ3n) is 3.40. The zero-order chi connectivity index (χ0) is 17.7. The number of carbonyl (C=O) groups excluding carboxylic acids is 1. The lowest BCUT2D eigenvalue weighted by molar-refractivity contribution is 0.250. The Morgan fingerprint density at radius 2 is 1.92 bits per heavy atom. The molecule has 2 atom stereocenters. The van der Waals surface area contributed by atoms with Gasteiger partial charge in [0, 0.05) is 46.5 Å². The Labute approximate surface area is 145 Å². The van der Waals surface area contributed by atoms with E-state index < -0.39 is 10.8 Å². The average Bonchev–Trinajstić information content (AvgIpc) is 2.91. The monoisotopic (exact) mass is 348 g/mol. The van der Waals surface area contributed by atoms with E-state index in [-0.39, 0.29) is 18.1 Å². The molecule has 7 heteroatoms. The van der Waals surface area contributed by atoms with E-state index in [0.29, 0.717) is 11.6 Å². The van der Waals surface area contributed by atoms with Crippen LogP contribution in [0.3, 0.4) is 0 Å². The fourth-order valence-electron chi connectivity index (χ4n) is 2.40. The number of hydrogen-bond acceptors (Lipinski definition) is 3. The third-order valence-corrected chi connectivity index (χ3v) is 4.37. The van der Waals surface area contributed by atoms with Crippen molar-refractivity contribution in [3.05, 3.63) is 36.4 Å². The van der Waals surface area contributed by atoms with Crippen LogP contribution in [0.15, 0.2) is 36.4 Å². The molecular formula is C17H24N4O2S. The maximum Gasteiger partial charge on any atom is 0.320 e. The van der Waals surface area contributed by atoms with Crippen molar-refractivity contribution in [1.82, 2.24) is 15.1 Å². The summed E-state index contributed by atoms with van der Waals surface area (Å²) in [5.41, 5.74) is 1.80. The number of anilines is 1. The lowest BCUT2D eigenvalue weighted by atomic mass is 10.2. The van der Waals surface area contributed by atoms with Crippen LogP contribution in [-0.4, -0.2) is 38.1 Å². The molecule has 1 aromatic heterocycles. The van der Waals surface area contributed by atoms with E-state index in [1.165, 1.54) is 0 Å². The van der Waals surface area contributed by atoms with Gasteiger partial charge in [-0.05, 0) is 20.8 Å². The van der Waals surface area contributed by atoms with Gasteiger partial charge in [0.1, 0.15) is 5.82 Å². The quantitative estimate of drug-likeness (QED) is 0.842. The van der Waals surface area contributed by atoms with Crippen LogP contribution >= 0.6 is 0 Å². The smallest absolute Gasteiger partial charge is 0.320 e. The van der Waals surface area contributed by atoms with E-state index in [1.54, 1.807) is 10.9 Å². The Morgan fingerprint density at radius 3 is 2.50 bits per heavy atom. The summed E-state index contributed by atoms with van der Waals surface area (Å²) in [7, 11) is -0.951. The summed E-state index contributed by atoms with van der Waals surface area (Å²) < 4.78 is 13.0. The summed E-state index contributed by atoms with van der Waals surface area (Å²) in [6, 6.07) is 11.3. The molecule has 6 nitrogen and oxygen atoms in total. The summed E-state index contributed by atoms with van der Waals surface area (Å²) in [6.45, 7) is 5.84. The van der Waals surface area contributed by atoms with Crippen LogP contribution in [0.1, 0.15) is 26.8 Å². The first-order valence-electron chi connectivity index (χ1n) is 7.89. The van der Waals surface area contributed by atoms with E-state index in [4.69, 9.17) is 0 Å². The van der Waals surface area contributed by atoms with E-state index >= 15 is 0 Å². The van der Waals surface area contributed by atoms with Crippen molar-refractivity contribution in [2.75, 3.05) is 17.3 Å². The Morgan fingerprint density at radius 1 is 1.25 bits per heavy atom. The molecule has 0 aliphatic heterocycles. The second-order valence-corrected chi connectivity index (χ2v) is 7.54. The first kappa shape index (κ1) is 18.2. The normalized spacial score (nSPS) is 13.5. The van der Waals surface area contributed by atoms with Crippen molar-refractivity contribution in [2.24, 2.45) is 0 Å². The zero-order valence-corrected chi connectivity index (χ0v) is 15.3. The van der Waals surface area contributed by atoms with Gasteiger partial charge in [0.2, 0.25) is 0 Å². The molecule has 2 amide bonds. The summed E-state index contributed by atoms with van der Waals surface area (Å²) in [6.07, 6.45) is 1.62. The zero-order valence-electron chi connectivity index (χ0n) is 14.4. The molecule has 2 rings (SSSR count). The molecule has 0 bridgehead atoms. The van der Waals surface area contributed by atoms with Crippen molar-refractivity contribution in [3.63, 3.8) is 0 Å². The molecule has 0 aliphatic rings. The highest BCUT2D eigenvalue weighted by atomic mass is 32.2. The van der Waals surface area contributed by atoms with Gasteiger partial charge in [-0.2, -0.15) is 5.10 Å². The van der Waals surface area contributed by atoms with E-state index in [1.807, 2.05) is 57.2 Å². The second kappa shape index (κ2) is 8.10. The number of hydrogen-bond donors (Lipinski definition) is 2. The SMILES string of the molecule is CC(CS(C)=O)NC(=O)Nc1cc(-c2ccccc2)nn1C(C)C. The van der Waals surface area contributed by atoms with Crippen molar-refractivity contribution >= 4 is 22.6 Å². The Kier molecular flexibility index (Phi) is 6.14. The number of benzene rings is 1. The lowest BCUT2D eigenvalue weighted by Gasteiger charge is -2.15. The largest absolute Gasteiger partial charge is 0.334 e. The van der Waals surface area contributed by atoms with Crippen molar-refractivity contribution in [3.8, 4) is 11.3 Å². The molecule has 2 aromatic rings. The predicted octanol–water partition coefficient (Wildman–Crippen LogP) is 3.02. The van der Waals surface area contributed by atoms with Crippen LogP contribution in [-0.2, 0) is 10.8 Å². The molecule has 0 saturated carbocycles. The Hall–Kier alpha value is -2.15. The standard InChI is InChI=1S/C17H24N4O2S/c1-12(2)21-16(19-17(22)18-13(3)11-24(4)23)10-15(20-21)14-8-6-5-7-9-14/h5-10,12-13H,11H2,1-4H3,(H2,18,19,22). The topological polar surface area (TPSA) is 76.0 Å². The van der Waals surface area contributed by atoms with Gasteiger partial charge in [0.25, 0.3) is 0 Å². The minimum absolute atomic E-state index is 0.110. The van der Waals surface area contributed by atoms with Crippen molar-refractivity contribution in [1.29, 1.82) is 0 Å². The molecular weight excluding hydrogens is 324 g/mol. The number of aromatic nitrogens is 2. The van der Waals surface area contributed by atoms with E-state index in [9.17, 15) is 9.00 Å². The second-order valence-electron chi connectivity index (χ2n) is 6.06. The third kappa shape index (κ3) is 4.92. The molecule has 130 valence electrons. The molecule has 0 fully saturated rings. The van der Waals surface area contributed by atoms with Gasteiger partial charge in [-0.3, -0.25) is 9.53 Å². The van der Waals surface area contributed by atoms with Gasteiger partial charge in [-0.25, -0.2) is 9.48 Å². The number of nitrogens with zero attached hydrogens (tertiary/aromatic N) is 2. The van der Waals surface area contributed by atoms with Crippen LogP contribution in [0.2, 0.25) is 0 Å². The first-order chi connectivity index (χ1) is 11.4. The molecule has 0 aliphatic carbocycles. The minimum atomic E-state index is -0.951. The summed E-state index contributed by atoms with van der Waals surface area (Å²) in [5.74, 6) is 1.05. The van der Waals surface area contributed by atoms with Gasteiger partial charge >= 0.3 is 6.03 Å². The van der Waals surface area contributed by atoms with Crippen molar-refractivity contribution < 1.29 is 9.00 Å². The highest BCUT2D eigenvalue weighted by molar-refractivity contribution is 7.84. The number of nitrogens with one attached hydrogen (secondary N) is 2. The predicted molar refractivity (Wildman–Crippen MR) is 98.6 cm³/mol. The highest BCUT2D eigenvalue weighted by Crippen LogP contribution is 2.24. The van der Waals surface area contributed by atoms with Crippen LogP contribution in [0, 0.1) is 0 Å². The lowest BCUT2D eigenvalue weighted by Crippen LogP contribution is -2.39. The molecule has 0 radical (unpaired) electrons. The van der Waals surface area contributed by atoms with Crippen LogP contribution in [0.25, 0.3) is 11.3 Å². The number of carbonyl (C=O) groups is 1. The summed E-state index contributed by atoms with van der Waals surface area (Å²) in [5, 5.41) is 10.2. The Bertz CT molecular complexity index is 713. The van der Waals surface area contributed by atoms with E-state index in [0.717, 1.165) is 11.3 Å². The van der Waals surface area contributed by atoms with Crippen molar-refractivity contribution in [2.45, 2.75) is 32.9 Å². The molecule has 1 aromatic carbocycles. The molecule has 1 heterocycles. The first-order valence-corrected chi connectivity index (χ1v) is 9.62. The summed E-state index contributed by atoms with van der Waals surface area (Å²) in [4.78, 5) is 12.2. The van der Waals surface area contributed by atoms with Gasteiger partial charge in [0.05, 0.1) is 5.69 Å². The van der Waals surface area contributed by atoms with E-state index in [2.05, 4.69) is 15.7 Å². The number of urea groups is 1. The molecule has 0 saturated heterocycles. The molecule has 24 heavy (non-hydrogen) atoms. The van der Waals surface area contributed by atoms with Crippen LogP contribution < -0.4 is 10.6 Å². The fraction of sp³-hybridized carbons (Fsp3) is 0.412. The summed E-state index contributed by atoms with van der Waals surface area (Å²) >= 11 is 0. The number of rotatable bonds is 6. The van der Waals surface area contributed by atoms with Gasteiger partial charge in [-0.1, -0.05) is 30.3 Å². The van der Waals surface area contributed by atoms with Gasteiger partial charge < -0.3 is 5.32 Å². The fourth-order valence-corrected chi connectivity index (χ4v) is 3.19. The van der Waals surface area contributed by atoms with Gasteiger partial charge in [-0.15, -0.1) is 0 Å². The number of amides is 2. The van der Waals surface area contributed by atoms with Gasteiger partial charge in [0.15, 0.2) is 0 Å². The average molecular weight is 348 g/mol. The molecule has 2 unspecified atom stereocenters. The van der Waals surface area contributed by atoms with Crippen LogP contribution in [0.5, 0.6) is 0 Å². The maximum atomic E-state index is 12.2. The molecule has 0 spiro atoms. The van der Waals surface area contributed by atoms with Crippen LogP contribution in [0.4, 0.5) is 10.6 Å². The maximum absolute atomic E-state index is 12.2. The highest BCUT2D eigenvalue weighted by Gasteiger charge is 2.15. The Balaban J connectivity index is 2.15. The molecule has 2 N–H and O–H groups in total.